The number of rotatable bonds is 1. The predicted molar refractivity (Wildman–Crippen MR) is 104 cm³/mol. The third kappa shape index (κ3) is 2.24. The zero-order valence-corrected chi connectivity index (χ0v) is 15.3. The Bertz CT molecular complexity index is 1270. The number of nitrogens with zero attached hydrogens (tertiary/aromatic N) is 1. The molecule has 1 aromatic carbocycles. The molecule has 26 heavy (non-hydrogen) atoms. The molecule has 3 aromatic heterocycles. The largest absolute Gasteiger partial charge is 0.451 e. The van der Waals surface area contributed by atoms with Gasteiger partial charge in [-0.2, -0.15) is 0 Å². The number of carbonyl (C=O) groups is 1. The third-order valence-corrected chi connectivity index (χ3v) is 6.34. The van der Waals surface area contributed by atoms with E-state index in [0.717, 1.165) is 46.0 Å². The molecule has 0 aliphatic heterocycles. The van der Waals surface area contributed by atoms with Crippen LogP contribution in [-0.4, -0.2) is 15.5 Å². The molecule has 0 saturated carbocycles. The van der Waals surface area contributed by atoms with Crippen molar-refractivity contribution in [2.45, 2.75) is 25.7 Å². The van der Waals surface area contributed by atoms with E-state index in [4.69, 9.17) is 16.6 Å². The number of H-pyrrole nitrogens is 1. The van der Waals surface area contributed by atoms with E-state index in [1.807, 2.05) is 18.2 Å². The topological polar surface area (TPSA) is 68.0 Å². The summed E-state index contributed by atoms with van der Waals surface area (Å²) in [6.07, 6.45) is 4.04. The highest BCUT2D eigenvalue weighted by atomic mass is 32.1. The summed E-state index contributed by atoms with van der Waals surface area (Å²) in [6.45, 7) is 0. The van der Waals surface area contributed by atoms with E-state index >= 15 is 0 Å². The Hall–Kier alpha value is -2.51. The zero-order valence-electron chi connectivity index (χ0n) is 13.7. The van der Waals surface area contributed by atoms with Crippen LogP contribution in [0.25, 0.3) is 21.2 Å². The average Bonchev–Trinajstić information content (AvgIpc) is 3.22. The molecule has 1 N–H and O–H groups in total. The first kappa shape index (κ1) is 15.7. The van der Waals surface area contributed by atoms with E-state index in [9.17, 15) is 9.59 Å². The van der Waals surface area contributed by atoms with Crippen LogP contribution < -0.4 is 5.56 Å². The van der Waals surface area contributed by atoms with E-state index in [2.05, 4.69) is 4.98 Å². The normalized spacial score (nSPS) is 14.0. The number of hydrogen-bond acceptors (Lipinski definition) is 5. The molecule has 0 fully saturated rings. The maximum Gasteiger partial charge on any atom is 0.302 e. The second-order valence-electron chi connectivity index (χ2n) is 6.44. The highest BCUT2D eigenvalue weighted by Crippen LogP contribution is 2.33. The summed E-state index contributed by atoms with van der Waals surface area (Å²) in [5.74, 6) is -0.429. The fourth-order valence-corrected chi connectivity index (χ4v) is 5.23. The molecule has 1 aliphatic rings. The number of aromatic nitrogens is 2. The van der Waals surface area contributed by atoms with Crippen molar-refractivity contribution in [3.63, 3.8) is 0 Å². The number of aryl methyl sites for hydroxylation is 2. The standard InChI is InChI=1S/C19H14N2O3S2/c22-17(13-9-10-5-1-3-7-12(10)24-13)21-18(23)15-11-6-2-4-8-14(11)26-16(15)20-19(21)25/h1,3,5,7,9H,2,4,6,8H2,(H,20,25). The van der Waals surface area contributed by atoms with Gasteiger partial charge in [-0.1, -0.05) is 18.2 Å². The molecule has 0 amide bonds. The van der Waals surface area contributed by atoms with Gasteiger partial charge in [0.05, 0.1) is 5.39 Å². The van der Waals surface area contributed by atoms with Crippen LogP contribution in [0.5, 0.6) is 0 Å². The van der Waals surface area contributed by atoms with Crippen molar-refractivity contribution >= 4 is 50.6 Å². The lowest BCUT2D eigenvalue weighted by atomic mass is 9.97. The lowest BCUT2D eigenvalue weighted by Gasteiger charge is -2.10. The van der Waals surface area contributed by atoms with Crippen LogP contribution in [0.1, 0.15) is 33.8 Å². The van der Waals surface area contributed by atoms with Crippen LogP contribution in [0.15, 0.2) is 39.5 Å². The van der Waals surface area contributed by atoms with Crippen molar-refractivity contribution in [2.24, 2.45) is 0 Å². The Morgan fingerprint density at radius 1 is 1.23 bits per heavy atom. The molecule has 0 spiro atoms. The van der Waals surface area contributed by atoms with Crippen LogP contribution in [0.3, 0.4) is 0 Å². The fourth-order valence-electron chi connectivity index (χ4n) is 3.62. The SMILES string of the molecule is O=C(c1cc2ccccc2o1)n1c(=S)[nH]c2sc3c(c2c1=O)CCCC3. The number of hydrogen-bond donors (Lipinski definition) is 1. The first-order valence-electron chi connectivity index (χ1n) is 8.46. The lowest BCUT2D eigenvalue weighted by molar-refractivity contribution is 0.0928. The molecule has 0 bridgehead atoms. The number of fused-ring (bicyclic) bond motifs is 4. The highest BCUT2D eigenvalue weighted by molar-refractivity contribution is 7.71. The van der Waals surface area contributed by atoms with Gasteiger partial charge in [0.15, 0.2) is 10.5 Å². The third-order valence-electron chi connectivity index (χ3n) is 4.85. The van der Waals surface area contributed by atoms with Crippen molar-refractivity contribution in [1.82, 2.24) is 9.55 Å². The van der Waals surface area contributed by atoms with Crippen LogP contribution in [0.2, 0.25) is 0 Å². The number of aromatic amines is 1. The molecule has 0 saturated heterocycles. The first-order valence-corrected chi connectivity index (χ1v) is 9.69. The Labute approximate surface area is 156 Å². The molecule has 0 radical (unpaired) electrons. The van der Waals surface area contributed by atoms with Crippen LogP contribution >= 0.6 is 23.6 Å². The minimum Gasteiger partial charge on any atom is -0.451 e. The number of furan rings is 1. The van der Waals surface area contributed by atoms with Gasteiger partial charge >= 0.3 is 5.91 Å². The van der Waals surface area contributed by atoms with Gasteiger partial charge in [0.25, 0.3) is 5.56 Å². The van der Waals surface area contributed by atoms with Crippen molar-refractivity contribution in [2.75, 3.05) is 0 Å². The second kappa shape index (κ2) is 5.75. The zero-order chi connectivity index (χ0) is 17.8. The van der Waals surface area contributed by atoms with E-state index in [1.54, 1.807) is 23.5 Å². The summed E-state index contributed by atoms with van der Waals surface area (Å²) < 4.78 is 6.76. The molecule has 130 valence electrons. The highest BCUT2D eigenvalue weighted by Gasteiger charge is 2.24. The summed E-state index contributed by atoms with van der Waals surface area (Å²) >= 11 is 6.89. The van der Waals surface area contributed by atoms with Gasteiger partial charge in [-0.3, -0.25) is 9.59 Å². The van der Waals surface area contributed by atoms with Gasteiger partial charge in [-0.05, 0) is 55.6 Å². The van der Waals surface area contributed by atoms with Crippen LogP contribution in [-0.2, 0) is 12.8 Å². The van der Waals surface area contributed by atoms with Gasteiger partial charge in [0.1, 0.15) is 10.4 Å². The summed E-state index contributed by atoms with van der Waals surface area (Å²) in [5.41, 5.74) is 1.32. The Balaban J connectivity index is 1.74. The van der Waals surface area contributed by atoms with Gasteiger partial charge in [-0.15, -0.1) is 11.3 Å². The molecule has 0 unspecified atom stereocenters. The van der Waals surface area contributed by atoms with Crippen molar-refractivity contribution < 1.29 is 9.21 Å². The summed E-state index contributed by atoms with van der Waals surface area (Å²) in [5, 5.41) is 1.41. The Morgan fingerprint density at radius 3 is 2.88 bits per heavy atom. The van der Waals surface area contributed by atoms with Crippen LogP contribution in [0, 0.1) is 4.77 Å². The fraction of sp³-hybridized carbons (Fsp3) is 0.211. The number of benzene rings is 1. The predicted octanol–water partition coefficient (Wildman–Crippen LogP) is 4.43. The van der Waals surface area contributed by atoms with Crippen molar-refractivity contribution in [3.8, 4) is 0 Å². The maximum atomic E-state index is 13.1. The van der Waals surface area contributed by atoms with E-state index in [-0.39, 0.29) is 16.1 Å². The minimum atomic E-state index is -0.537. The van der Waals surface area contributed by atoms with E-state index in [0.29, 0.717) is 11.0 Å². The Kier molecular flexibility index (Phi) is 3.48. The molecule has 1 aliphatic carbocycles. The quantitative estimate of drug-likeness (QED) is 0.494. The van der Waals surface area contributed by atoms with Gasteiger partial charge in [0, 0.05) is 10.3 Å². The number of nitrogens with one attached hydrogen (secondary N) is 1. The number of carbonyl (C=O) groups excluding carboxylic acids is 1. The number of thiophene rings is 1. The molecule has 3 heterocycles. The average molecular weight is 382 g/mol. The molecule has 7 heteroatoms. The van der Waals surface area contributed by atoms with E-state index < -0.39 is 5.91 Å². The van der Waals surface area contributed by atoms with Crippen molar-refractivity contribution in [3.05, 3.63) is 61.7 Å². The molecule has 4 aromatic rings. The minimum absolute atomic E-state index is 0.103. The first-order chi connectivity index (χ1) is 12.6. The van der Waals surface area contributed by atoms with Gasteiger partial charge in [0.2, 0.25) is 0 Å². The summed E-state index contributed by atoms with van der Waals surface area (Å²) in [6, 6.07) is 8.99. The van der Waals surface area contributed by atoms with Gasteiger partial charge in [-0.25, -0.2) is 4.57 Å². The summed E-state index contributed by atoms with van der Waals surface area (Å²) in [4.78, 5) is 31.2. The monoisotopic (exact) mass is 382 g/mol. The molecular formula is C19H14N2O3S2. The molecule has 0 atom stereocenters. The van der Waals surface area contributed by atoms with Crippen molar-refractivity contribution in [1.29, 1.82) is 0 Å². The molecule has 5 rings (SSSR count). The summed E-state index contributed by atoms with van der Waals surface area (Å²) in [7, 11) is 0. The number of para-hydroxylation sites is 1. The smallest absolute Gasteiger partial charge is 0.302 e. The molecule has 5 nitrogen and oxygen atoms in total. The lowest BCUT2D eigenvalue weighted by Crippen LogP contribution is -2.29. The Morgan fingerprint density at radius 2 is 2.04 bits per heavy atom. The molecular weight excluding hydrogens is 368 g/mol. The van der Waals surface area contributed by atoms with E-state index in [1.165, 1.54) is 4.88 Å². The maximum absolute atomic E-state index is 13.1. The van der Waals surface area contributed by atoms with Gasteiger partial charge < -0.3 is 9.40 Å². The van der Waals surface area contributed by atoms with Crippen LogP contribution in [0.4, 0.5) is 0 Å². The second-order valence-corrected chi connectivity index (χ2v) is 7.93.